The van der Waals surface area contributed by atoms with Crippen LogP contribution in [0.2, 0.25) is 0 Å². The van der Waals surface area contributed by atoms with Crippen LogP contribution in [0.1, 0.15) is 24.8 Å². The van der Waals surface area contributed by atoms with Gasteiger partial charge in [-0.1, -0.05) is 0 Å². The average Bonchev–Trinajstić information content (AvgIpc) is 2.52. The molecule has 1 fully saturated rings. The van der Waals surface area contributed by atoms with Gasteiger partial charge in [0, 0.05) is 24.8 Å². The summed E-state index contributed by atoms with van der Waals surface area (Å²) in [6, 6.07) is 0. The van der Waals surface area contributed by atoms with E-state index in [0.717, 1.165) is 0 Å². The van der Waals surface area contributed by atoms with Crippen LogP contribution < -0.4 is 0 Å². The van der Waals surface area contributed by atoms with Gasteiger partial charge in [-0.2, -0.15) is 0 Å². The second-order valence-electron chi connectivity index (χ2n) is 3.66. The Hall–Kier alpha value is -1.67. The van der Waals surface area contributed by atoms with Gasteiger partial charge < -0.3 is 24.1 Å². The highest BCUT2D eigenvalue weighted by molar-refractivity contribution is 5.68. The molecule has 0 spiro atoms. The first-order valence-electron chi connectivity index (χ1n) is 7.30. The van der Waals surface area contributed by atoms with Crippen molar-refractivity contribution in [2.75, 3.05) is 6.61 Å². The van der Waals surface area contributed by atoms with Crippen molar-refractivity contribution in [1.29, 1.82) is 0 Å². The van der Waals surface area contributed by atoms with Crippen molar-refractivity contribution in [2.45, 2.75) is 45.3 Å². The molecule has 8 heteroatoms. The molecule has 0 aromatic rings. The summed E-state index contributed by atoms with van der Waals surface area (Å²) in [5.41, 5.74) is 0. The van der Waals surface area contributed by atoms with Gasteiger partial charge in [-0.05, 0) is 0 Å². The number of esters is 3. The third-order valence-corrected chi connectivity index (χ3v) is 2.22. The molecule has 0 aliphatic carbocycles. The van der Waals surface area contributed by atoms with E-state index in [9.17, 15) is 19.5 Å². The average molecular weight is 279 g/mol. The van der Waals surface area contributed by atoms with Crippen LogP contribution in [-0.4, -0.2) is 54.2 Å². The van der Waals surface area contributed by atoms with Crippen molar-refractivity contribution in [3.63, 3.8) is 0 Å². The minimum Gasteiger partial charge on any atom is -0.456 e. The topological polar surface area (TPSA) is 108 Å². The van der Waals surface area contributed by atoms with Crippen LogP contribution in [0.25, 0.3) is 0 Å². The predicted octanol–water partition coefficient (Wildman–Crippen LogP) is -0.870. The summed E-state index contributed by atoms with van der Waals surface area (Å²) in [6.07, 6.45) is -5.76. The van der Waals surface area contributed by atoms with Gasteiger partial charge >= 0.3 is 17.9 Å². The minimum absolute atomic E-state index is 0.349. The van der Waals surface area contributed by atoms with Crippen molar-refractivity contribution in [3.8, 4) is 0 Å². The lowest BCUT2D eigenvalue weighted by molar-refractivity contribution is -0.267. The van der Waals surface area contributed by atoms with E-state index in [-0.39, 0.29) is 6.61 Å². The van der Waals surface area contributed by atoms with E-state index < -0.39 is 63.2 Å². The van der Waals surface area contributed by atoms with Gasteiger partial charge in [0.1, 0.15) is 0 Å². The smallest absolute Gasteiger partial charge is 0.303 e. The fourth-order valence-corrected chi connectivity index (χ4v) is 1.60. The number of aliphatic hydroxyl groups excluding tert-OH is 1. The molecule has 1 aliphatic heterocycles. The van der Waals surface area contributed by atoms with Gasteiger partial charge in [-0.3, -0.25) is 14.4 Å². The molecular formula is C11H16O8. The van der Waals surface area contributed by atoms with Crippen LogP contribution >= 0.6 is 0 Å². The van der Waals surface area contributed by atoms with Crippen LogP contribution in [0, 0.1) is 0 Å². The van der Waals surface area contributed by atoms with Crippen molar-refractivity contribution in [2.24, 2.45) is 0 Å². The molecule has 8 nitrogen and oxygen atoms in total. The Kier molecular flexibility index (Phi) is 3.82. The fourth-order valence-electron chi connectivity index (χ4n) is 1.60. The van der Waals surface area contributed by atoms with E-state index in [1.807, 2.05) is 0 Å². The Morgan fingerprint density at radius 2 is 1.58 bits per heavy atom. The molecule has 1 heterocycles. The maximum atomic E-state index is 11.3. The fraction of sp³-hybridized carbons (Fsp3) is 0.727. The number of hydrogen-bond donors (Lipinski definition) is 1. The summed E-state index contributed by atoms with van der Waals surface area (Å²) in [4.78, 5) is 33.7. The zero-order valence-electron chi connectivity index (χ0n) is 12.9. The van der Waals surface area contributed by atoms with Crippen molar-refractivity contribution < 1.29 is 42.5 Å². The molecule has 108 valence electrons. The number of aliphatic hydroxyl groups is 1. The molecule has 1 saturated heterocycles. The van der Waals surface area contributed by atoms with Crippen LogP contribution in [0.5, 0.6) is 0 Å². The first-order chi connectivity index (χ1) is 10.4. The molecular weight excluding hydrogens is 260 g/mol. The Morgan fingerprint density at radius 3 is 2.16 bits per heavy atom. The van der Waals surface area contributed by atoms with E-state index in [1.165, 1.54) is 0 Å². The lowest BCUT2D eigenvalue weighted by atomic mass is 10.0. The van der Waals surface area contributed by atoms with E-state index in [4.69, 9.17) is 23.1 Å². The summed E-state index contributed by atoms with van der Waals surface area (Å²) in [6.45, 7) is -2.50. The summed E-state index contributed by atoms with van der Waals surface area (Å²) >= 11 is 0. The van der Waals surface area contributed by atoms with Crippen LogP contribution in [0.4, 0.5) is 0 Å². The molecule has 0 aromatic carbocycles. The van der Waals surface area contributed by atoms with Gasteiger partial charge in [-0.15, -0.1) is 0 Å². The summed E-state index contributed by atoms with van der Waals surface area (Å²) in [5, 5.41) is 9.70. The van der Waals surface area contributed by atoms with Gasteiger partial charge in [-0.25, -0.2) is 0 Å². The minimum atomic E-state index is -1.65. The zero-order chi connectivity index (χ0) is 16.7. The molecule has 0 saturated carbocycles. The van der Waals surface area contributed by atoms with Gasteiger partial charge in [0.15, 0.2) is 24.6 Å². The quantitative estimate of drug-likeness (QED) is 0.524. The standard InChI is InChI=1S/C11H16O8/c1-5(12)17-8-4-16-11(15)10(19-7(3)14)9(8)18-6(2)13/h8-11,15H,4H2,1-3H3/t8-,9-,10-,11?/m1/s1/i1D,2D,3D. The SMILES string of the molecule is [2H]CC(=O)O[C@@H]1[C@H](OC(=O)C[2H])COC(O)[C@@H]1OC(=O)C[2H]. The van der Waals surface area contributed by atoms with Gasteiger partial charge in [0.05, 0.1) is 6.61 Å². The molecule has 0 amide bonds. The van der Waals surface area contributed by atoms with Gasteiger partial charge in [0.2, 0.25) is 0 Å². The number of ether oxygens (including phenoxy) is 4. The lowest BCUT2D eigenvalue weighted by Crippen LogP contribution is -2.57. The molecule has 0 radical (unpaired) electrons. The highest BCUT2D eigenvalue weighted by Crippen LogP contribution is 2.23. The Bertz CT molecular complexity index is 418. The van der Waals surface area contributed by atoms with Crippen molar-refractivity contribution >= 4 is 17.9 Å². The number of carbonyl (C=O) groups is 3. The number of rotatable bonds is 3. The van der Waals surface area contributed by atoms with E-state index in [0.29, 0.717) is 0 Å². The second-order valence-corrected chi connectivity index (χ2v) is 3.66. The molecule has 1 N–H and O–H groups in total. The second kappa shape index (κ2) is 6.48. The van der Waals surface area contributed by atoms with E-state index in [2.05, 4.69) is 0 Å². The highest BCUT2D eigenvalue weighted by Gasteiger charge is 2.46. The van der Waals surface area contributed by atoms with Crippen molar-refractivity contribution in [1.82, 2.24) is 0 Å². The lowest BCUT2D eigenvalue weighted by Gasteiger charge is -2.38. The van der Waals surface area contributed by atoms with Crippen LogP contribution in [0.15, 0.2) is 0 Å². The summed E-state index contributed by atoms with van der Waals surface area (Å²) in [7, 11) is 0. The summed E-state index contributed by atoms with van der Waals surface area (Å²) in [5.74, 6) is -2.92. The van der Waals surface area contributed by atoms with Crippen LogP contribution in [-0.2, 0) is 33.3 Å². The molecule has 19 heavy (non-hydrogen) atoms. The third-order valence-electron chi connectivity index (χ3n) is 2.22. The zero-order valence-corrected chi connectivity index (χ0v) is 9.94. The number of hydrogen-bond acceptors (Lipinski definition) is 8. The van der Waals surface area contributed by atoms with E-state index in [1.54, 1.807) is 0 Å². The normalized spacial score (nSPS) is 32.4. The summed E-state index contributed by atoms with van der Waals surface area (Å²) < 4.78 is 40.1. The maximum Gasteiger partial charge on any atom is 0.303 e. The first kappa shape index (κ1) is 11.2. The predicted molar refractivity (Wildman–Crippen MR) is 58.6 cm³/mol. The largest absolute Gasteiger partial charge is 0.456 e. The molecule has 0 aromatic heterocycles. The van der Waals surface area contributed by atoms with Crippen molar-refractivity contribution in [3.05, 3.63) is 0 Å². The Morgan fingerprint density at radius 1 is 1.05 bits per heavy atom. The monoisotopic (exact) mass is 279 g/mol. The molecule has 1 rings (SSSR count). The molecule has 1 aliphatic rings. The highest BCUT2D eigenvalue weighted by atomic mass is 16.7. The first-order valence-corrected chi connectivity index (χ1v) is 5.18. The number of carbonyl (C=O) groups excluding carboxylic acids is 3. The van der Waals surface area contributed by atoms with Crippen LogP contribution in [0.3, 0.4) is 0 Å². The third kappa shape index (κ3) is 4.49. The molecule has 4 atom stereocenters. The Balaban J connectivity index is 2.92. The molecule has 1 unspecified atom stereocenters. The van der Waals surface area contributed by atoms with E-state index >= 15 is 0 Å². The Labute approximate surface area is 113 Å². The maximum absolute atomic E-state index is 11.3. The molecule has 0 bridgehead atoms. The van der Waals surface area contributed by atoms with Gasteiger partial charge in [0.25, 0.3) is 0 Å².